The van der Waals surface area contributed by atoms with Crippen molar-refractivity contribution in [3.8, 4) is 6.07 Å². The number of likely N-dealkylation sites (tertiary alicyclic amines) is 1. The third kappa shape index (κ3) is 7.33. The number of carbonyl (C=O) groups excluding carboxylic acids is 2. The van der Waals surface area contributed by atoms with E-state index < -0.39 is 0 Å². The van der Waals surface area contributed by atoms with Crippen molar-refractivity contribution in [3.63, 3.8) is 0 Å². The molecule has 0 spiro atoms. The van der Waals surface area contributed by atoms with E-state index in [4.69, 9.17) is 0 Å². The minimum Gasteiger partial charge on any atom is -0.364 e. The van der Waals surface area contributed by atoms with Crippen LogP contribution in [0.5, 0.6) is 0 Å². The summed E-state index contributed by atoms with van der Waals surface area (Å²) in [5.41, 5.74) is 4.33. The van der Waals surface area contributed by atoms with Gasteiger partial charge in [0.2, 0.25) is 0 Å². The highest BCUT2D eigenvalue weighted by Gasteiger charge is 2.28. The number of rotatable bonds is 10. The van der Waals surface area contributed by atoms with Gasteiger partial charge in [0.1, 0.15) is 12.1 Å². The van der Waals surface area contributed by atoms with Crippen molar-refractivity contribution >= 4 is 17.4 Å². The summed E-state index contributed by atoms with van der Waals surface area (Å²) in [6.07, 6.45) is 4.04. The maximum atomic E-state index is 14.8. The molecule has 1 fully saturated rings. The first-order valence-electron chi connectivity index (χ1n) is 14.0. The van der Waals surface area contributed by atoms with E-state index >= 15 is 0 Å². The molecule has 3 aromatic rings. The van der Waals surface area contributed by atoms with Gasteiger partial charge in [0.25, 0.3) is 5.91 Å². The number of hydrogen-bond acceptors (Lipinski definition) is 7. The number of nitriles is 1. The van der Waals surface area contributed by atoms with Crippen LogP contribution in [-0.2, 0) is 6.54 Å². The molecule has 0 saturated carbocycles. The Morgan fingerprint density at radius 2 is 1.78 bits per heavy atom. The van der Waals surface area contributed by atoms with Gasteiger partial charge in [-0.25, -0.2) is 14.4 Å². The molecular weight excluding hydrogens is 519 g/mol. The highest BCUT2D eigenvalue weighted by atomic mass is 19.1. The summed E-state index contributed by atoms with van der Waals surface area (Å²) in [6.45, 7) is 9.95. The zero-order chi connectivity index (χ0) is 29.5. The summed E-state index contributed by atoms with van der Waals surface area (Å²) >= 11 is 0. The zero-order valence-electron chi connectivity index (χ0n) is 24.2. The Labute approximate surface area is 241 Å². The molecule has 9 heteroatoms. The van der Waals surface area contributed by atoms with Gasteiger partial charge in [-0.05, 0) is 89.4 Å². The van der Waals surface area contributed by atoms with Gasteiger partial charge < -0.3 is 15.1 Å². The normalized spacial score (nSPS) is 14.7. The lowest BCUT2D eigenvalue weighted by Gasteiger charge is -2.42. The van der Waals surface area contributed by atoms with Gasteiger partial charge in [0.05, 0.1) is 28.6 Å². The Balaban J connectivity index is 1.40. The van der Waals surface area contributed by atoms with Crippen LogP contribution in [0.3, 0.4) is 0 Å². The summed E-state index contributed by atoms with van der Waals surface area (Å²) in [5.74, 6) is -0.489. The predicted molar refractivity (Wildman–Crippen MR) is 156 cm³/mol. The van der Waals surface area contributed by atoms with Crippen molar-refractivity contribution in [2.45, 2.75) is 65.6 Å². The van der Waals surface area contributed by atoms with E-state index in [-0.39, 0.29) is 29.6 Å². The highest BCUT2D eigenvalue weighted by Crippen LogP contribution is 2.28. The number of aryl methyl sites for hydroxylation is 2. The summed E-state index contributed by atoms with van der Waals surface area (Å²) in [4.78, 5) is 37.4. The fraction of sp³-hybridized carbons (Fsp3) is 0.406. The molecule has 1 atom stereocenters. The van der Waals surface area contributed by atoms with Gasteiger partial charge in [-0.1, -0.05) is 0 Å². The summed E-state index contributed by atoms with van der Waals surface area (Å²) < 4.78 is 14.8. The fourth-order valence-electron chi connectivity index (χ4n) is 5.49. The summed E-state index contributed by atoms with van der Waals surface area (Å²) in [7, 11) is 0. The monoisotopic (exact) mass is 556 g/mol. The Kier molecular flexibility index (Phi) is 9.79. The molecule has 2 heterocycles. The second kappa shape index (κ2) is 13.5. The minimum atomic E-state index is -0.338. The second-order valence-corrected chi connectivity index (χ2v) is 10.7. The average molecular weight is 557 g/mol. The van der Waals surface area contributed by atoms with Gasteiger partial charge in [-0.3, -0.25) is 9.59 Å². The van der Waals surface area contributed by atoms with Crippen molar-refractivity contribution in [1.82, 2.24) is 20.2 Å². The predicted octanol–water partition coefficient (Wildman–Crippen LogP) is 4.99. The molecule has 1 aliphatic heterocycles. The van der Waals surface area contributed by atoms with Crippen LogP contribution >= 0.6 is 0 Å². The maximum Gasteiger partial charge on any atom is 0.254 e. The third-order valence-electron chi connectivity index (χ3n) is 7.99. The number of anilines is 1. The lowest BCUT2D eigenvalue weighted by Crippen LogP contribution is -2.48. The van der Waals surface area contributed by atoms with Crippen LogP contribution < -0.4 is 10.2 Å². The fourth-order valence-corrected chi connectivity index (χ4v) is 5.49. The number of Topliss-reactive ketones (excluding diaryl/α,β-unsaturated/α-hetero) is 1. The van der Waals surface area contributed by atoms with Crippen molar-refractivity contribution in [2.75, 3.05) is 24.5 Å². The van der Waals surface area contributed by atoms with E-state index in [2.05, 4.69) is 38.1 Å². The number of carbonyl (C=O) groups is 2. The van der Waals surface area contributed by atoms with Crippen LogP contribution in [-0.4, -0.2) is 58.3 Å². The maximum absolute atomic E-state index is 14.8. The lowest BCUT2D eigenvalue weighted by molar-refractivity contribution is 0.0942. The van der Waals surface area contributed by atoms with Crippen molar-refractivity contribution in [1.29, 1.82) is 5.26 Å². The number of nitrogens with one attached hydrogen (secondary N) is 1. The van der Waals surface area contributed by atoms with Crippen LogP contribution in [0.2, 0.25) is 0 Å². The summed E-state index contributed by atoms with van der Waals surface area (Å²) in [5, 5.41) is 12.4. The van der Waals surface area contributed by atoms with Gasteiger partial charge in [0, 0.05) is 55.1 Å². The van der Waals surface area contributed by atoms with E-state index in [0.717, 1.165) is 38.0 Å². The van der Waals surface area contributed by atoms with Gasteiger partial charge in [-0.2, -0.15) is 5.26 Å². The standard InChI is InChI=1S/C32H37FN6O2/c1-21(11-14-35-32(41)31-22(2)36-20-37-23(31)3)38-15-12-29(13-16-38)39(28-8-6-26(7-9-28)24(4)40)19-27-17-25(18-34)5-10-30(27)33/h5-10,17,20-21,29H,11-16,19H2,1-4H3,(H,35,41)/t21-/m1/s1. The molecule has 0 bridgehead atoms. The second-order valence-electron chi connectivity index (χ2n) is 10.7. The largest absolute Gasteiger partial charge is 0.364 e. The molecule has 2 aromatic carbocycles. The molecular formula is C32H37FN6O2. The Bertz CT molecular complexity index is 1410. The molecule has 0 radical (unpaired) electrons. The SMILES string of the molecule is CC(=O)c1ccc(N(Cc2cc(C#N)ccc2F)C2CCN([C@H](C)CCNC(=O)c3c(C)ncnc3C)CC2)cc1. The number of nitrogens with zero attached hydrogens (tertiary/aromatic N) is 5. The number of ketones is 1. The van der Waals surface area contributed by atoms with Crippen molar-refractivity contribution in [2.24, 2.45) is 0 Å². The van der Waals surface area contributed by atoms with E-state index in [1.807, 2.05) is 38.1 Å². The van der Waals surface area contributed by atoms with Crippen molar-refractivity contribution < 1.29 is 14.0 Å². The van der Waals surface area contributed by atoms with E-state index in [0.29, 0.717) is 46.7 Å². The Morgan fingerprint density at radius 3 is 2.39 bits per heavy atom. The molecule has 1 aromatic heterocycles. The Hall–Kier alpha value is -4.16. The molecule has 1 saturated heterocycles. The third-order valence-corrected chi connectivity index (χ3v) is 7.99. The summed E-state index contributed by atoms with van der Waals surface area (Å²) in [6, 6.07) is 14.4. The first-order valence-corrected chi connectivity index (χ1v) is 14.0. The number of aromatic nitrogens is 2. The molecule has 4 rings (SSSR count). The smallest absolute Gasteiger partial charge is 0.254 e. The van der Waals surface area contributed by atoms with Crippen LogP contribution in [0.25, 0.3) is 0 Å². The van der Waals surface area contributed by atoms with Crippen LogP contribution in [0.4, 0.5) is 10.1 Å². The van der Waals surface area contributed by atoms with Gasteiger partial charge in [-0.15, -0.1) is 0 Å². The molecule has 41 heavy (non-hydrogen) atoms. The molecule has 214 valence electrons. The molecule has 1 N–H and O–H groups in total. The molecule has 8 nitrogen and oxygen atoms in total. The number of amides is 1. The molecule has 0 unspecified atom stereocenters. The van der Waals surface area contributed by atoms with E-state index in [9.17, 15) is 19.2 Å². The minimum absolute atomic E-state index is 0.00303. The zero-order valence-corrected chi connectivity index (χ0v) is 24.2. The molecule has 0 aliphatic carbocycles. The number of halogens is 1. The van der Waals surface area contributed by atoms with Gasteiger partial charge >= 0.3 is 0 Å². The highest BCUT2D eigenvalue weighted by molar-refractivity contribution is 5.96. The van der Waals surface area contributed by atoms with Gasteiger partial charge in [0.15, 0.2) is 5.78 Å². The first kappa shape index (κ1) is 29.8. The molecule has 1 aliphatic rings. The number of piperidine rings is 1. The number of benzene rings is 2. The Morgan fingerprint density at radius 1 is 1.12 bits per heavy atom. The average Bonchev–Trinajstić information content (AvgIpc) is 2.97. The van der Waals surface area contributed by atoms with Crippen LogP contribution in [0, 0.1) is 31.0 Å². The van der Waals surface area contributed by atoms with E-state index in [1.165, 1.54) is 25.4 Å². The molecule has 1 amide bonds. The van der Waals surface area contributed by atoms with Crippen LogP contribution in [0.1, 0.15) is 76.3 Å². The lowest BCUT2D eigenvalue weighted by atomic mass is 9.98. The quantitative estimate of drug-likeness (QED) is 0.351. The first-order chi connectivity index (χ1) is 19.7. The topological polar surface area (TPSA) is 102 Å². The number of hydrogen-bond donors (Lipinski definition) is 1. The van der Waals surface area contributed by atoms with E-state index in [1.54, 1.807) is 6.07 Å². The van der Waals surface area contributed by atoms with Crippen LogP contribution in [0.15, 0.2) is 48.8 Å². The van der Waals surface area contributed by atoms with Crippen molar-refractivity contribution in [3.05, 3.63) is 88.3 Å².